The molecule has 130 valence electrons. The molecule has 0 aliphatic carbocycles. The van der Waals surface area contributed by atoms with E-state index in [2.05, 4.69) is 19.2 Å². The Bertz CT molecular complexity index is 608. The molecule has 1 unspecified atom stereocenters. The van der Waals surface area contributed by atoms with Crippen molar-refractivity contribution in [2.45, 2.75) is 38.8 Å². The number of carbonyl (C=O) groups is 3. The van der Waals surface area contributed by atoms with Crippen LogP contribution in [0, 0.1) is 5.92 Å². The highest BCUT2D eigenvalue weighted by Crippen LogP contribution is 2.22. The van der Waals surface area contributed by atoms with E-state index in [4.69, 9.17) is 15.2 Å². The van der Waals surface area contributed by atoms with Gasteiger partial charge in [-0.1, -0.05) is 26.0 Å². The van der Waals surface area contributed by atoms with Gasteiger partial charge in [-0.25, -0.2) is 4.79 Å². The van der Waals surface area contributed by atoms with Gasteiger partial charge in [-0.3, -0.25) is 9.59 Å². The number of hydrogen-bond acceptors (Lipinski definition) is 5. The Hall–Kier alpha value is -2.57. The molecule has 24 heavy (non-hydrogen) atoms. The van der Waals surface area contributed by atoms with Crippen LogP contribution in [0.3, 0.4) is 0 Å². The first-order valence-electron chi connectivity index (χ1n) is 7.89. The van der Waals surface area contributed by atoms with Crippen molar-refractivity contribution in [3.05, 3.63) is 29.8 Å². The van der Waals surface area contributed by atoms with Crippen LogP contribution in [-0.4, -0.2) is 30.1 Å². The lowest BCUT2D eigenvalue weighted by atomic mass is 10.0. The monoisotopic (exact) mass is 334 g/mol. The highest BCUT2D eigenvalue weighted by molar-refractivity contribution is 6.35. The smallest absolute Gasteiger partial charge is 0.399 e. The molecular weight excluding hydrogens is 312 g/mol. The predicted octanol–water partition coefficient (Wildman–Crippen LogP) is 0.899. The Morgan fingerprint density at radius 3 is 2.46 bits per heavy atom. The molecule has 2 rings (SSSR count). The van der Waals surface area contributed by atoms with E-state index in [0.29, 0.717) is 18.9 Å². The minimum atomic E-state index is -1.76. The van der Waals surface area contributed by atoms with Crippen LogP contribution >= 0.6 is 0 Å². The highest BCUT2D eigenvalue weighted by Gasteiger charge is 2.50. The second-order valence-electron chi connectivity index (χ2n) is 6.21. The summed E-state index contributed by atoms with van der Waals surface area (Å²) in [5.41, 5.74) is 4.42. The number of primary amides is 1. The minimum Gasteiger partial charge on any atom is -0.494 e. The Morgan fingerprint density at radius 1 is 1.29 bits per heavy atom. The lowest BCUT2D eigenvalue weighted by Gasteiger charge is -2.23. The predicted molar refractivity (Wildman–Crippen MR) is 85.9 cm³/mol. The van der Waals surface area contributed by atoms with Crippen LogP contribution in [0.2, 0.25) is 0 Å². The van der Waals surface area contributed by atoms with Gasteiger partial charge in [0.15, 0.2) is 0 Å². The largest absolute Gasteiger partial charge is 0.494 e. The van der Waals surface area contributed by atoms with Crippen molar-refractivity contribution >= 4 is 17.8 Å². The van der Waals surface area contributed by atoms with Gasteiger partial charge < -0.3 is 20.5 Å². The minimum absolute atomic E-state index is 0.0768. The number of carbonyl (C=O) groups excluding carboxylic acids is 3. The second kappa shape index (κ2) is 7.33. The third kappa shape index (κ3) is 4.24. The van der Waals surface area contributed by atoms with Crippen molar-refractivity contribution in [3.63, 3.8) is 0 Å². The molecule has 7 heteroatoms. The van der Waals surface area contributed by atoms with Gasteiger partial charge in [-0.2, -0.15) is 0 Å². The van der Waals surface area contributed by atoms with Crippen molar-refractivity contribution in [3.8, 4) is 5.75 Å². The van der Waals surface area contributed by atoms with E-state index in [1.54, 1.807) is 0 Å². The maximum Gasteiger partial charge on any atom is 0.399 e. The molecule has 1 aromatic rings. The van der Waals surface area contributed by atoms with Gasteiger partial charge in [-0.05, 0) is 36.5 Å². The maximum atomic E-state index is 11.6. The molecule has 1 fully saturated rings. The Morgan fingerprint density at radius 2 is 1.96 bits per heavy atom. The van der Waals surface area contributed by atoms with Crippen LogP contribution < -0.4 is 15.8 Å². The van der Waals surface area contributed by atoms with Gasteiger partial charge in [0.25, 0.3) is 11.6 Å². The molecule has 1 saturated heterocycles. The van der Waals surface area contributed by atoms with Gasteiger partial charge in [0.1, 0.15) is 5.75 Å². The van der Waals surface area contributed by atoms with Crippen LogP contribution in [0.15, 0.2) is 24.3 Å². The van der Waals surface area contributed by atoms with Gasteiger partial charge in [-0.15, -0.1) is 0 Å². The molecule has 1 aliphatic rings. The number of aryl methyl sites for hydroxylation is 1. The van der Waals surface area contributed by atoms with Gasteiger partial charge in [0, 0.05) is 6.42 Å². The molecule has 1 heterocycles. The summed E-state index contributed by atoms with van der Waals surface area (Å²) in [4.78, 5) is 34.1. The fraction of sp³-hybridized carbons (Fsp3) is 0.471. The second-order valence-corrected chi connectivity index (χ2v) is 6.21. The Balaban J connectivity index is 1.92. The molecule has 0 aromatic heterocycles. The quantitative estimate of drug-likeness (QED) is 0.542. The van der Waals surface area contributed by atoms with Crippen molar-refractivity contribution in [2.24, 2.45) is 11.7 Å². The van der Waals surface area contributed by atoms with Crippen molar-refractivity contribution in [2.75, 3.05) is 6.61 Å². The Labute approximate surface area is 140 Å². The fourth-order valence-corrected chi connectivity index (χ4v) is 2.30. The lowest BCUT2D eigenvalue weighted by molar-refractivity contribution is -0.160. The van der Waals surface area contributed by atoms with Gasteiger partial charge in [0.05, 0.1) is 6.61 Å². The number of nitrogens with two attached hydrogens (primary N) is 1. The summed E-state index contributed by atoms with van der Waals surface area (Å²) in [5.74, 6) is -1.59. The van der Waals surface area contributed by atoms with Crippen molar-refractivity contribution in [1.29, 1.82) is 0 Å². The summed E-state index contributed by atoms with van der Waals surface area (Å²) in [6.45, 7) is 4.93. The standard InChI is InChI=1S/C17H22N2O5/c1-11(2)8-10-23-13-5-3-12(4-6-13)7-9-17(16(18)22)19-14(20)15(21)24-17/h3-6,11H,7-10H2,1-2H3,(H2,18,22)(H,19,20). The number of rotatable bonds is 8. The molecule has 0 radical (unpaired) electrons. The molecule has 0 spiro atoms. The van der Waals surface area contributed by atoms with Gasteiger partial charge in [0.2, 0.25) is 0 Å². The highest BCUT2D eigenvalue weighted by atomic mass is 16.6. The zero-order chi connectivity index (χ0) is 17.7. The number of benzene rings is 1. The Kier molecular flexibility index (Phi) is 5.43. The summed E-state index contributed by atoms with van der Waals surface area (Å²) in [6.07, 6.45) is 1.46. The first-order valence-corrected chi connectivity index (χ1v) is 7.89. The summed E-state index contributed by atoms with van der Waals surface area (Å²) in [7, 11) is 0. The topological polar surface area (TPSA) is 108 Å². The zero-order valence-corrected chi connectivity index (χ0v) is 13.8. The fourth-order valence-electron chi connectivity index (χ4n) is 2.30. The van der Waals surface area contributed by atoms with E-state index in [1.807, 2.05) is 24.3 Å². The summed E-state index contributed by atoms with van der Waals surface area (Å²) >= 11 is 0. The van der Waals surface area contributed by atoms with Crippen LogP contribution in [-0.2, 0) is 25.5 Å². The average molecular weight is 334 g/mol. The van der Waals surface area contributed by atoms with Crippen molar-refractivity contribution < 1.29 is 23.9 Å². The first-order chi connectivity index (χ1) is 11.3. The molecular formula is C17H22N2O5. The summed E-state index contributed by atoms with van der Waals surface area (Å²) in [6, 6.07) is 7.40. The maximum absolute atomic E-state index is 11.6. The number of hydrogen-bond donors (Lipinski definition) is 2. The third-order valence-corrected chi connectivity index (χ3v) is 3.82. The van der Waals surface area contributed by atoms with E-state index in [9.17, 15) is 14.4 Å². The van der Waals surface area contributed by atoms with E-state index < -0.39 is 23.5 Å². The third-order valence-electron chi connectivity index (χ3n) is 3.82. The number of amides is 2. The van der Waals surface area contributed by atoms with Crippen LogP contribution in [0.5, 0.6) is 5.75 Å². The molecule has 1 atom stereocenters. The number of nitrogens with one attached hydrogen (secondary N) is 1. The molecule has 3 N–H and O–H groups in total. The molecule has 1 aromatic carbocycles. The zero-order valence-electron chi connectivity index (χ0n) is 13.8. The molecule has 2 amide bonds. The first kappa shape index (κ1) is 17.8. The molecule has 1 aliphatic heterocycles. The normalized spacial score (nSPS) is 20.0. The van der Waals surface area contributed by atoms with Gasteiger partial charge >= 0.3 is 11.9 Å². The van der Waals surface area contributed by atoms with Crippen LogP contribution in [0.1, 0.15) is 32.3 Å². The SMILES string of the molecule is CC(C)CCOc1ccc(CCC2(C(N)=O)NC(=O)C(=O)O2)cc1. The van der Waals surface area contributed by atoms with E-state index >= 15 is 0 Å². The van der Waals surface area contributed by atoms with Crippen LogP contribution in [0.25, 0.3) is 0 Å². The van der Waals surface area contributed by atoms with E-state index in [1.165, 1.54) is 0 Å². The number of ether oxygens (including phenoxy) is 2. The molecule has 7 nitrogen and oxygen atoms in total. The number of cyclic esters (lactones) is 1. The van der Waals surface area contributed by atoms with Crippen LogP contribution in [0.4, 0.5) is 0 Å². The molecule has 0 saturated carbocycles. The lowest BCUT2D eigenvalue weighted by Crippen LogP contribution is -2.54. The summed E-state index contributed by atoms with van der Waals surface area (Å²) < 4.78 is 10.5. The summed E-state index contributed by atoms with van der Waals surface area (Å²) in [5, 5.41) is 2.23. The number of esters is 1. The van der Waals surface area contributed by atoms with E-state index in [0.717, 1.165) is 17.7 Å². The van der Waals surface area contributed by atoms with E-state index in [-0.39, 0.29) is 6.42 Å². The van der Waals surface area contributed by atoms with Crippen molar-refractivity contribution in [1.82, 2.24) is 5.32 Å². The molecule has 0 bridgehead atoms. The average Bonchev–Trinajstić information content (AvgIpc) is 2.82.